The monoisotopic (exact) mass is 520 g/mol. The van der Waals surface area contributed by atoms with Crippen molar-refractivity contribution in [2.75, 3.05) is 6.61 Å². The van der Waals surface area contributed by atoms with Crippen LogP contribution in [0.1, 0.15) is 24.9 Å². The number of hydrogen-bond acceptors (Lipinski definition) is 5. The molecule has 0 aliphatic carbocycles. The Morgan fingerprint density at radius 1 is 1.06 bits per heavy atom. The maximum absolute atomic E-state index is 14.6. The number of rotatable bonds is 6. The lowest BCUT2D eigenvalue weighted by molar-refractivity contribution is -0.0788. The van der Waals surface area contributed by atoms with Gasteiger partial charge in [0.15, 0.2) is 5.60 Å². The maximum atomic E-state index is 14.6. The molecule has 2 unspecified atom stereocenters. The van der Waals surface area contributed by atoms with Crippen molar-refractivity contribution in [1.82, 2.24) is 14.8 Å². The van der Waals surface area contributed by atoms with Crippen molar-refractivity contribution in [3.05, 3.63) is 101 Å². The van der Waals surface area contributed by atoms with Gasteiger partial charge in [0.25, 0.3) is 0 Å². The van der Waals surface area contributed by atoms with Gasteiger partial charge in [-0.15, -0.1) is 0 Å². The number of nitrogens with zero attached hydrogens (tertiary/aromatic N) is 4. The topological polar surface area (TPSA) is 61.5 Å². The molecule has 3 aromatic carbocycles. The molecule has 2 atom stereocenters. The van der Waals surface area contributed by atoms with E-state index < -0.39 is 5.60 Å². The summed E-state index contributed by atoms with van der Waals surface area (Å²) in [6.45, 7) is 2.30. The Morgan fingerprint density at radius 2 is 1.82 bits per heavy atom. The van der Waals surface area contributed by atoms with Crippen molar-refractivity contribution in [2.45, 2.75) is 25.0 Å². The standard InChI is InChI=1S/C26H22BrFN4O2/c1-26(15-33-20-6-3-2-4-7-20)14-23(32-17-29-16-30-32)25(31-34-26)19-12-10-18(11-13-19)21-8-5-9-22(27)24(21)28/h2-13,16-17,23H,14-15H2,1H3. The van der Waals surface area contributed by atoms with Gasteiger partial charge < -0.3 is 9.57 Å². The lowest BCUT2D eigenvalue weighted by Crippen LogP contribution is -2.43. The first kappa shape index (κ1) is 22.3. The predicted octanol–water partition coefficient (Wildman–Crippen LogP) is 6.05. The van der Waals surface area contributed by atoms with Gasteiger partial charge in [-0.25, -0.2) is 14.1 Å². The molecule has 0 spiro atoms. The van der Waals surface area contributed by atoms with Gasteiger partial charge in [-0.2, -0.15) is 5.10 Å². The molecule has 0 saturated heterocycles. The first-order chi connectivity index (χ1) is 16.5. The maximum Gasteiger partial charge on any atom is 0.171 e. The summed E-state index contributed by atoms with van der Waals surface area (Å²) in [7, 11) is 0. The minimum atomic E-state index is -0.657. The van der Waals surface area contributed by atoms with Crippen LogP contribution in [-0.2, 0) is 4.84 Å². The molecule has 1 aromatic heterocycles. The largest absolute Gasteiger partial charge is 0.489 e. The highest BCUT2D eigenvalue weighted by Crippen LogP contribution is 2.34. The summed E-state index contributed by atoms with van der Waals surface area (Å²) in [6.07, 6.45) is 3.77. The number of para-hydroxylation sites is 1. The van der Waals surface area contributed by atoms with E-state index in [1.54, 1.807) is 23.1 Å². The van der Waals surface area contributed by atoms with Gasteiger partial charge in [0.05, 0.1) is 4.47 Å². The number of aromatic nitrogens is 3. The summed E-state index contributed by atoms with van der Waals surface area (Å²) in [5.74, 6) is 0.484. The number of halogens is 2. The van der Waals surface area contributed by atoms with Crippen molar-refractivity contribution in [3.63, 3.8) is 0 Å². The molecule has 172 valence electrons. The summed E-state index contributed by atoms with van der Waals surface area (Å²) >= 11 is 3.25. The summed E-state index contributed by atoms with van der Waals surface area (Å²) in [6, 6.07) is 22.3. The normalized spacial score (nSPS) is 19.9. The Kier molecular flexibility index (Phi) is 6.15. The van der Waals surface area contributed by atoms with E-state index in [9.17, 15) is 4.39 Å². The average molecular weight is 521 g/mol. The second-order valence-electron chi connectivity index (χ2n) is 8.39. The van der Waals surface area contributed by atoms with Gasteiger partial charge in [0.2, 0.25) is 0 Å². The molecule has 1 aliphatic heterocycles. The van der Waals surface area contributed by atoms with Crippen LogP contribution in [0.4, 0.5) is 4.39 Å². The molecule has 0 N–H and O–H groups in total. The van der Waals surface area contributed by atoms with E-state index in [4.69, 9.17) is 9.57 Å². The average Bonchev–Trinajstić information content (AvgIpc) is 3.41. The number of ether oxygens (including phenoxy) is 1. The Morgan fingerprint density at radius 3 is 2.56 bits per heavy atom. The highest BCUT2D eigenvalue weighted by Gasteiger charge is 2.40. The summed E-state index contributed by atoms with van der Waals surface area (Å²) in [5.41, 5.74) is 2.24. The molecule has 4 aromatic rings. The number of oxime groups is 1. The summed E-state index contributed by atoms with van der Waals surface area (Å²) in [5, 5.41) is 8.86. The van der Waals surface area contributed by atoms with Crippen LogP contribution in [0, 0.1) is 5.82 Å². The van der Waals surface area contributed by atoms with Gasteiger partial charge in [0, 0.05) is 17.5 Å². The van der Waals surface area contributed by atoms with Crippen molar-refractivity contribution < 1.29 is 14.0 Å². The van der Waals surface area contributed by atoms with Crippen LogP contribution in [-0.4, -0.2) is 32.7 Å². The predicted molar refractivity (Wildman–Crippen MR) is 131 cm³/mol. The highest BCUT2D eigenvalue weighted by molar-refractivity contribution is 9.10. The first-order valence-corrected chi connectivity index (χ1v) is 11.6. The number of hydrogen-bond donors (Lipinski definition) is 0. The van der Waals surface area contributed by atoms with E-state index in [-0.39, 0.29) is 11.9 Å². The molecule has 0 amide bonds. The molecule has 2 heterocycles. The zero-order valence-corrected chi connectivity index (χ0v) is 20.0. The second kappa shape index (κ2) is 9.38. The van der Waals surface area contributed by atoms with Crippen LogP contribution >= 0.6 is 15.9 Å². The van der Waals surface area contributed by atoms with Gasteiger partial charge in [-0.05, 0) is 46.6 Å². The smallest absolute Gasteiger partial charge is 0.171 e. The van der Waals surface area contributed by atoms with Gasteiger partial charge in [-0.3, -0.25) is 0 Å². The van der Waals surface area contributed by atoms with E-state index >= 15 is 0 Å². The Hall–Kier alpha value is -3.52. The quantitative estimate of drug-likeness (QED) is 0.310. The van der Waals surface area contributed by atoms with E-state index in [1.165, 1.54) is 6.33 Å². The zero-order chi connectivity index (χ0) is 23.5. The second-order valence-corrected chi connectivity index (χ2v) is 9.25. The van der Waals surface area contributed by atoms with Crippen LogP contribution in [0.3, 0.4) is 0 Å². The Bertz CT molecular complexity index is 1300. The molecule has 0 bridgehead atoms. The van der Waals surface area contributed by atoms with Crippen LogP contribution in [0.5, 0.6) is 5.75 Å². The summed E-state index contributed by atoms with van der Waals surface area (Å²) < 4.78 is 22.7. The Labute approximate surface area is 205 Å². The van der Waals surface area contributed by atoms with Crippen LogP contribution in [0.2, 0.25) is 0 Å². The molecule has 8 heteroatoms. The molecule has 1 aliphatic rings. The van der Waals surface area contributed by atoms with Gasteiger partial charge >= 0.3 is 0 Å². The molecule has 6 nitrogen and oxygen atoms in total. The first-order valence-electron chi connectivity index (χ1n) is 10.9. The van der Waals surface area contributed by atoms with E-state index in [1.807, 2.05) is 67.6 Å². The molecular weight excluding hydrogens is 499 g/mol. The van der Waals surface area contributed by atoms with Crippen LogP contribution in [0.25, 0.3) is 11.1 Å². The van der Waals surface area contributed by atoms with E-state index in [0.717, 1.165) is 22.6 Å². The van der Waals surface area contributed by atoms with Crippen molar-refractivity contribution in [2.24, 2.45) is 5.16 Å². The van der Waals surface area contributed by atoms with Crippen molar-refractivity contribution in [1.29, 1.82) is 0 Å². The molecular formula is C26H22BrFN4O2. The van der Waals surface area contributed by atoms with Crippen LogP contribution in [0.15, 0.2) is 95.1 Å². The minimum Gasteiger partial charge on any atom is -0.489 e. The van der Waals surface area contributed by atoms with Crippen molar-refractivity contribution >= 4 is 21.6 Å². The molecule has 34 heavy (non-hydrogen) atoms. The minimum absolute atomic E-state index is 0.200. The summed E-state index contributed by atoms with van der Waals surface area (Å²) in [4.78, 5) is 10.1. The fourth-order valence-electron chi connectivity index (χ4n) is 3.99. The molecule has 0 fully saturated rings. The lowest BCUT2D eigenvalue weighted by Gasteiger charge is -2.35. The zero-order valence-electron chi connectivity index (χ0n) is 18.4. The van der Waals surface area contributed by atoms with Gasteiger partial charge in [0.1, 0.15) is 42.6 Å². The fraction of sp³-hybridized carbons (Fsp3) is 0.192. The van der Waals surface area contributed by atoms with E-state index in [0.29, 0.717) is 23.1 Å². The van der Waals surface area contributed by atoms with E-state index in [2.05, 4.69) is 31.2 Å². The third kappa shape index (κ3) is 4.59. The third-order valence-corrected chi connectivity index (χ3v) is 6.40. The lowest BCUT2D eigenvalue weighted by atomic mass is 9.90. The number of benzene rings is 3. The highest BCUT2D eigenvalue weighted by atomic mass is 79.9. The third-order valence-electron chi connectivity index (χ3n) is 5.79. The van der Waals surface area contributed by atoms with Crippen LogP contribution < -0.4 is 4.74 Å². The Balaban J connectivity index is 1.42. The molecule has 0 radical (unpaired) electrons. The molecule has 5 rings (SSSR count). The van der Waals surface area contributed by atoms with Gasteiger partial charge in [-0.1, -0.05) is 59.8 Å². The van der Waals surface area contributed by atoms with Crippen molar-refractivity contribution in [3.8, 4) is 16.9 Å². The SMILES string of the molecule is CC1(COc2ccccc2)CC(n2cncn2)C(c2ccc(-c3cccc(Br)c3F)cc2)=NO1. The fourth-order valence-corrected chi connectivity index (χ4v) is 4.36. The molecule has 0 saturated carbocycles.